The molecule has 5 atom stereocenters. The lowest BCUT2D eigenvalue weighted by atomic mass is 9.96. The van der Waals surface area contributed by atoms with Gasteiger partial charge < -0.3 is 25.2 Å². The minimum atomic E-state index is -1.21. The monoisotopic (exact) mass is 335 g/mol. The smallest absolute Gasteiger partial charge is 0.173 e. The standard InChI is InChI=1S/C8H17NO5.HI/c1-9(2)5-7(12)6(11)4(3-10)14-8(5)13;/h4-8,10-13H,3H2,1-2H3;1H/t4-,5-,6-,7-,8?;/m1./s1. The van der Waals surface area contributed by atoms with Gasteiger partial charge in [-0.1, -0.05) is 0 Å². The third-order valence-corrected chi connectivity index (χ3v) is 2.46. The Morgan fingerprint density at radius 2 is 1.67 bits per heavy atom. The molecule has 92 valence electrons. The van der Waals surface area contributed by atoms with E-state index in [1.807, 2.05) is 0 Å². The summed E-state index contributed by atoms with van der Waals surface area (Å²) in [5.41, 5.74) is 0. The van der Waals surface area contributed by atoms with E-state index in [0.717, 1.165) is 0 Å². The molecule has 4 N–H and O–H groups in total. The topological polar surface area (TPSA) is 93.4 Å². The van der Waals surface area contributed by atoms with Crippen molar-refractivity contribution in [1.29, 1.82) is 0 Å². The largest absolute Gasteiger partial charge is 0.394 e. The fraction of sp³-hybridized carbons (Fsp3) is 1.00. The first-order valence-corrected chi connectivity index (χ1v) is 4.46. The predicted molar refractivity (Wildman–Crippen MR) is 62.9 cm³/mol. The summed E-state index contributed by atoms with van der Waals surface area (Å²) in [5.74, 6) is 0. The quantitative estimate of drug-likeness (QED) is 0.435. The molecule has 1 saturated heterocycles. The fourth-order valence-electron chi connectivity index (χ4n) is 1.64. The van der Waals surface area contributed by atoms with Gasteiger partial charge in [0.1, 0.15) is 18.3 Å². The van der Waals surface area contributed by atoms with Crippen LogP contribution >= 0.6 is 24.0 Å². The Balaban J connectivity index is 0.00000196. The van der Waals surface area contributed by atoms with Gasteiger partial charge in [-0.3, -0.25) is 4.90 Å². The molecular formula is C8H18INO5. The van der Waals surface area contributed by atoms with Crippen molar-refractivity contribution in [2.24, 2.45) is 0 Å². The third-order valence-electron chi connectivity index (χ3n) is 2.46. The summed E-state index contributed by atoms with van der Waals surface area (Å²) in [6.45, 7) is -0.435. The first-order chi connectivity index (χ1) is 6.49. The Bertz CT molecular complexity index is 194. The second kappa shape index (κ2) is 6.28. The summed E-state index contributed by atoms with van der Waals surface area (Å²) in [5, 5.41) is 37.4. The molecule has 7 heteroatoms. The summed E-state index contributed by atoms with van der Waals surface area (Å²) < 4.78 is 4.95. The van der Waals surface area contributed by atoms with Crippen molar-refractivity contribution >= 4 is 24.0 Å². The van der Waals surface area contributed by atoms with Crippen molar-refractivity contribution in [3.63, 3.8) is 0 Å². The normalized spacial score (nSPS) is 41.4. The molecule has 6 nitrogen and oxygen atoms in total. The van der Waals surface area contributed by atoms with E-state index in [4.69, 9.17) is 9.84 Å². The minimum Gasteiger partial charge on any atom is -0.394 e. The molecular weight excluding hydrogens is 317 g/mol. The Labute approximate surface area is 105 Å². The van der Waals surface area contributed by atoms with Gasteiger partial charge in [-0.25, -0.2) is 0 Å². The summed E-state index contributed by atoms with van der Waals surface area (Å²) in [4.78, 5) is 1.56. The van der Waals surface area contributed by atoms with Gasteiger partial charge in [-0.15, -0.1) is 24.0 Å². The summed E-state index contributed by atoms with van der Waals surface area (Å²) >= 11 is 0. The van der Waals surface area contributed by atoms with E-state index in [1.165, 1.54) is 0 Å². The van der Waals surface area contributed by atoms with Crippen molar-refractivity contribution in [1.82, 2.24) is 4.90 Å². The van der Waals surface area contributed by atoms with Crippen molar-refractivity contribution in [2.45, 2.75) is 30.6 Å². The van der Waals surface area contributed by atoms with Crippen LogP contribution in [-0.2, 0) is 4.74 Å². The molecule has 0 radical (unpaired) electrons. The zero-order valence-electron chi connectivity index (χ0n) is 8.65. The molecule has 0 aromatic heterocycles. The number of rotatable bonds is 2. The number of hydrogen-bond acceptors (Lipinski definition) is 6. The number of aliphatic hydroxyl groups is 4. The molecule has 0 saturated carbocycles. The highest BCUT2D eigenvalue weighted by Crippen LogP contribution is 2.22. The molecule has 0 spiro atoms. The number of likely N-dealkylation sites (N-methyl/N-ethyl adjacent to an activating group) is 1. The Kier molecular flexibility index (Phi) is 6.49. The predicted octanol–water partition coefficient (Wildman–Crippen LogP) is -2.03. The van der Waals surface area contributed by atoms with Crippen LogP contribution in [0.4, 0.5) is 0 Å². The second-order valence-electron chi connectivity index (χ2n) is 3.68. The van der Waals surface area contributed by atoms with Crippen molar-refractivity contribution in [3.8, 4) is 0 Å². The first kappa shape index (κ1) is 15.5. The zero-order chi connectivity index (χ0) is 10.9. The van der Waals surface area contributed by atoms with Gasteiger partial charge in [-0.2, -0.15) is 0 Å². The molecule has 0 amide bonds. The number of aliphatic hydroxyl groups excluding tert-OH is 4. The van der Waals surface area contributed by atoms with E-state index in [0.29, 0.717) is 0 Å². The number of ether oxygens (including phenoxy) is 1. The summed E-state index contributed by atoms with van der Waals surface area (Å²) in [7, 11) is 3.32. The van der Waals surface area contributed by atoms with Gasteiger partial charge in [0.05, 0.1) is 12.6 Å². The van der Waals surface area contributed by atoms with Crippen molar-refractivity contribution in [3.05, 3.63) is 0 Å². The van der Waals surface area contributed by atoms with Crippen molar-refractivity contribution in [2.75, 3.05) is 20.7 Å². The fourth-order valence-corrected chi connectivity index (χ4v) is 1.64. The molecule has 1 rings (SSSR count). The maximum Gasteiger partial charge on any atom is 0.173 e. The third kappa shape index (κ3) is 3.22. The van der Waals surface area contributed by atoms with Gasteiger partial charge in [0.15, 0.2) is 6.29 Å². The average Bonchev–Trinajstić information content (AvgIpc) is 2.10. The highest BCUT2D eigenvalue weighted by molar-refractivity contribution is 14.0. The van der Waals surface area contributed by atoms with Gasteiger partial charge >= 0.3 is 0 Å². The molecule has 0 aliphatic carbocycles. The lowest BCUT2D eigenvalue weighted by molar-refractivity contribution is -0.268. The molecule has 1 heterocycles. The molecule has 1 aliphatic rings. The zero-order valence-corrected chi connectivity index (χ0v) is 11.0. The van der Waals surface area contributed by atoms with E-state index in [-0.39, 0.29) is 24.0 Å². The van der Waals surface area contributed by atoms with Gasteiger partial charge in [0.25, 0.3) is 0 Å². The first-order valence-electron chi connectivity index (χ1n) is 4.46. The highest BCUT2D eigenvalue weighted by atomic mass is 127. The molecule has 15 heavy (non-hydrogen) atoms. The Hall–Kier alpha value is 0.490. The maximum absolute atomic E-state index is 9.64. The Morgan fingerprint density at radius 1 is 1.13 bits per heavy atom. The van der Waals surface area contributed by atoms with Crippen LogP contribution in [0.1, 0.15) is 0 Å². The van der Waals surface area contributed by atoms with Crippen LogP contribution in [0.5, 0.6) is 0 Å². The maximum atomic E-state index is 9.64. The SMILES string of the molecule is CN(C)[C@H]1C(O)O[C@H](CO)[C@@H](O)[C@@H]1O.I. The second-order valence-corrected chi connectivity index (χ2v) is 3.68. The minimum absolute atomic E-state index is 0. The van der Waals surface area contributed by atoms with Crippen LogP contribution in [0.3, 0.4) is 0 Å². The van der Waals surface area contributed by atoms with Gasteiger partial charge in [-0.05, 0) is 14.1 Å². The van der Waals surface area contributed by atoms with E-state index in [1.54, 1.807) is 19.0 Å². The van der Waals surface area contributed by atoms with Crippen LogP contribution in [0, 0.1) is 0 Å². The van der Waals surface area contributed by atoms with Crippen molar-refractivity contribution < 1.29 is 25.2 Å². The van der Waals surface area contributed by atoms with E-state index in [9.17, 15) is 15.3 Å². The van der Waals surface area contributed by atoms with E-state index in [2.05, 4.69) is 0 Å². The van der Waals surface area contributed by atoms with Crippen LogP contribution in [0.2, 0.25) is 0 Å². The number of halogens is 1. The summed E-state index contributed by atoms with van der Waals surface area (Å²) in [6.07, 6.45) is -4.46. The average molecular weight is 335 g/mol. The molecule has 0 aromatic rings. The highest BCUT2D eigenvalue weighted by Gasteiger charge is 2.44. The van der Waals surface area contributed by atoms with Crippen LogP contribution in [-0.4, -0.2) is 76.7 Å². The van der Waals surface area contributed by atoms with Gasteiger partial charge in [0.2, 0.25) is 0 Å². The number of nitrogens with zero attached hydrogens (tertiary/aromatic N) is 1. The lowest BCUT2D eigenvalue weighted by Crippen LogP contribution is -2.62. The van der Waals surface area contributed by atoms with Crippen LogP contribution in [0.25, 0.3) is 0 Å². The number of hydrogen-bond donors (Lipinski definition) is 4. The molecule has 0 bridgehead atoms. The van der Waals surface area contributed by atoms with Crippen LogP contribution < -0.4 is 0 Å². The summed E-state index contributed by atoms with van der Waals surface area (Å²) in [6, 6.07) is -0.687. The van der Waals surface area contributed by atoms with Gasteiger partial charge in [0, 0.05) is 0 Å². The van der Waals surface area contributed by atoms with E-state index >= 15 is 0 Å². The van der Waals surface area contributed by atoms with E-state index < -0.39 is 37.3 Å². The molecule has 1 aliphatic heterocycles. The van der Waals surface area contributed by atoms with Crippen LogP contribution in [0.15, 0.2) is 0 Å². The Morgan fingerprint density at radius 3 is 2.07 bits per heavy atom. The molecule has 1 unspecified atom stereocenters. The molecule has 0 aromatic carbocycles. The lowest BCUT2D eigenvalue weighted by Gasteiger charge is -2.42. The molecule has 1 fully saturated rings.